The highest BCUT2D eigenvalue weighted by Gasteiger charge is 2.20. The summed E-state index contributed by atoms with van der Waals surface area (Å²) < 4.78 is 30.7. The second kappa shape index (κ2) is 8.96. The van der Waals surface area contributed by atoms with E-state index in [4.69, 9.17) is 9.84 Å². The molecule has 0 saturated carbocycles. The van der Waals surface area contributed by atoms with E-state index in [1.54, 1.807) is 31.2 Å². The Labute approximate surface area is 163 Å². The van der Waals surface area contributed by atoms with Crippen molar-refractivity contribution in [1.29, 1.82) is 0 Å². The number of rotatable bonds is 7. The highest BCUT2D eigenvalue weighted by molar-refractivity contribution is 7.89. The van der Waals surface area contributed by atoms with E-state index in [1.807, 2.05) is 0 Å². The first-order valence-corrected chi connectivity index (χ1v) is 9.79. The minimum atomic E-state index is -3.65. The van der Waals surface area contributed by atoms with Gasteiger partial charge in [-0.05, 0) is 42.3 Å². The van der Waals surface area contributed by atoms with E-state index >= 15 is 0 Å². The van der Waals surface area contributed by atoms with Crippen LogP contribution in [0.2, 0.25) is 0 Å². The Hall–Kier alpha value is -2.75. The number of nitrogens with zero attached hydrogens (tertiary/aromatic N) is 1. The maximum atomic E-state index is 12.3. The number of carbonyl (C=O) groups is 2. The van der Waals surface area contributed by atoms with Gasteiger partial charge in [-0.25, -0.2) is 17.5 Å². The van der Waals surface area contributed by atoms with Crippen LogP contribution in [0.25, 0.3) is 0 Å². The lowest BCUT2D eigenvalue weighted by molar-refractivity contribution is -0.119. The fourth-order valence-corrected chi connectivity index (χ4v) is 3.45. The number of carbonyl (C=O) groups excluding carboxylic acids is 2. The first kappa shape index (κ1) is 21.5. The van der Waals surface area contributed by atoms with E-state index in [-0.39, 0.29) is 22.8 Å². The molecule has 0 unspecified atom stereocenters. The van der Waals surface area contributed by atoms with Crippen molar-refractivity contribution in [2.24, 2.45) is 0 Å². The fraction of sp³-hybridized carbons (Fsp3) is 0.263. The summed E-state index contributed by atoms with van der Waals surface area (Å²) in [6.45, 7) is 0.996. The van der Waals surface area contributed by atoms with E-state index in [0.29, 0.717) is 11.1 Å². The molecule has 0 aliphatic heterocycles. The zero-order chi connectivity index (χ0) is 20.9. The summed E-state index contributed by atoms with van der Waals surface area (Å²) in [5, 5.41) is 11.5. The molecule has 0 spiro atoms. The molecule has 8 nitrogen and oxygen atoms in total. The van der Waals surface area contributed by atoms with Crippen molar-refractivity contribution in [2.75, 3.05) is 26.0 Å². The molecule has 28 heavy (non-hydrogen) atoms. The largest absolute Gasteiger partial charge is 0.452 e. The Morgan fingerprint density at radius 1 is 1.11 bits per heavy atom. The number of benzene rings is 2. The zero-order valence-electron chi connectivity index (χ0n) is 15.8. The minimum absolute atomic E-state index is 0.0799. The molecule has 9 heteroatoms. The van der Waals surface area contributed by atoms with Crippen LogP contribution < -0.4 is 5.32 Å². The lowest BCUT2D eigenvalue weighted by Gasteiger charge is -2.15. The van der Waals surface area contributed by atoms with Crippen molar-refractivity contribution in [3.8, 4) is 0 Å². The predicted octanol–water partition coefficient (Wildman–Crippen LogP) is 1.53. The van der Waals surface area contributed by atoms with Gasteiger partial charge in [0, 0.05) is 19.8 Å². The monoisotopic (exact) mass is 406 g/mol. The molecule has 2 rings (SSSR count). The van der Waals surface area contributed by atoms with Crippen LogP contribution in [0.4, 0.5) is 5.69 Å². The highest BCUT2D eigenvalue weighted by Crippen LogP contribution is 2.22. The molecule has 0 saturated heterocycles. The summed E-state index contributed by atoms with van der Waals surface area (Å²) in [6, 6.07) is 10.6. The van der Waals surface area contributed by atoms with Crippen molar-refractivity contribution in [2.45, 2.75) is 18.4 Å². The third-order valence-corrected chi connectivity index (χ3v) is 5.89. The summed E-state index contributed by atoms with van der Waals surface area (Å²) >= 11 is 0. The van der Waals surface area contributed by atoms with Gasteiger partial charge in [0.25, 0.3) is 5.91 Å². The summed E-state index contributed by atoms with van der Waals surface area (Å²) in [7, 11) is -0.808. The van der Waals surface area contributed by atoms with Crippen LogP contribution in [0.5, 0.6) is 0 Å². The third-order valence-electron chi connectivity index (χ3n) is 3.94. The molecule has 2 N–H and O–H groups in total. The number of anilines is 1. The summed E-state index contributed by atoms with van der Waals surface area (Å²) in [4.78, 5) is 24.1. The molecular weight excluding hydrogens is 384 g/mol. The van der Waals surface area contributed by atoms with Gasteiger partial charge >= 0.3 is 5.97 Å². The molecule has 0 fully saturated rings. The van der Waals surface area contributed by atoms with Crippen LogP contribution >= 0.6 is 0 Å². The van der Waals surface area contributed by atoms with E-state index in [9.17, 15) is 18.0 Å². The molecule has 0 bridgehead atoms. The summed E-state index contributed by atoms with van der Waals surface area (Å²) in [6.07, 6.45) is 0. The molecule has 0 radical (unpaired) electrons. The van der Waals surface area contributed by atoms with Crippen LogP contribution in [-0.4, -0.2) is 50.4 Å². The van der Waals surface area contributed by atoms with Gasteiger partial charge in [-0.1, -0.05) is 18.2 Å². The first-order valence-electron chi connectivity index (χ1n) is 8.35. The Balaban J connectivity index is 2.02. The maximum absolute atomic E-state index is 12.3. The zero-order valence-corrected chi connectivity index (χ0v) is 16.6. The average Bonchev–Trinajstić information content (AvgIpc) is 2.67. The molecule has 0 heterocycles. The lowest BCUT2D eigenvalue weighted by Crippen LogP contribution is -2.24. The number of hydrogen-bond donors (Lipinski definition) is 2. The molecule has 0 aliphatic carbocycles. The number of aliphatic hydroxyl groups excluding tert-OH is 1. The summed E-state index contributed by atoms with van der Waals surface area (Å²) in [5.41, 5.74) is 1.72. The number of aliphatic hydroxyl groups is 1. The maximum Gasteiger partial charge on any atom is 0.338 e. The van der Waals surface area contributed by atoms with Gasteiger partial charge in [0.05, 0.1) is 17.1 Å². The van der Waals surface area contributed by atoms with Crippen LogP contribution in [0, 0.1) is 6.92 Å². The number of ether oxygens (including phenoxy) is 1. The van der Waals surface area contributed by atoms with Gasteiger partial charge in [0.1, 0.15) is 0 Å². The minimum Gasteiger partial charge on any atom is -0.452 e. The van der Waals surface area contributed by atoms with E-state index in [0.717, 1.165) is 4.31 Å². The predicted molar refractivity (Wildman–Crippen MR) is 103 cm³/mol. The van der Waals surface area contributed by atoms with E-state index in [2.05, 4.69) is 5.32 Å². The van der Waals surface area contributed by atoms with Crippen molar-refractivity contribution < 1.29 is 27.9 Å². The standard InChI is InChI=1S/C19H22N2O6S/c1-13-4-9-16(10-17(13)28(25,26)21(2)3)20-18(23)12-27-19(24)15-7-5-14(11-22)6-8-15/h4-10,22H,11-12H2,1-3H3,(H,20,23). The number of sulfonamides is 1. The number of aryl methyl sites for hydroxylation is 1. The Morgan fingerprint density at radius 2 is 1.75 bits per heavy atom. The van der Waals surface area contributed by atoms with Crippen LogP contribution in [0.15, 0.2) is 47.4 Å². The quantitative estimate of drug-likeness (QED) is 0.675. The first-order chi connectivity index (χ1) is 13.1. The van der Waals surface area contributed by atoms with Gasteiger partial charge in [-0.15, -0.1) is 0 Å². The molecule has 150 valence electrons. The average molecular weight is 406 g/mol. The van der Waals surface area contributed by atoms with Gasteiger partial charge in [0.15, 0.2) is 6.61 Å². The molecule has 0 atom stereocenters. The van der Waals surface area contributed by atoms with Crippen LogP contribution in [-0.2, 0) is 26.2 Å². The Morgan fingerprint density at radius 3 is 2.32 bits per heavy atom. The van der Waals surface area contributed by atoms with E-state index in [1.165, 1.54) is 32.3 Å². The van der Waals surface area contributed by atoms with Crippen molar-refractivity contribution in [1.82, 2.24) is 4.31 Å². The second-order valence-corrected chi connectivity index (χ2v) is 8.37. The Bertz CT molecular complexity index is 968. The summed E-state index contributed by atoms with van der Waals surface area (Å²) in [5.74, 6) is -1.28. The molecule has 2 aromatic carbocycles. The Kier molecular flexibility index (Phi) is 6.90. The normalized spacial score (nSPS) is 11.3. The van der Waals surface area contributed by atoms with Crippen LogP contribution in [0.3, 0.4) is 0 Å². The van der Waals surface area contributed by atoms with Gasteiger partial charge < -0.3 is 15.2 Å². The van der Waals surface area contributed by atoms with E-state index < -0.39 is 28.5 Å². The number of nitrogens with one attached hydrogen (secondary N) is 1. The van der Waals surface area contributed by atoms with Crippen molar-refractivity contribution in [3.05, 3.63) is 59.2 Å². The SMILES string of the molecule is Cc1ccc(NC(=O)COC(=O)c2ccc(CO)cc2)cc1S(=O)(=O)N(C)C. The fourth-order valence-electron chi connectivity index (χ4n) is 2.31. The molecule has 0 aromatic heterocycles. The van der Waals surface area contributed by atoms with Gasteiger partial charge in [0.2, 0.25) is 10.0 Å². The lowest BCUT2D eigenvalue weighted by atomic mass is 10.1. The van der Waals surface area contributed by atoms with Crippen LogP contribution in [0.1, 0.15) is 21.5 Å². The van der Waals surface area contributed by atoms with Crippen molar-refractivity contribution >= 4 is 27.6 Å². The molecule has 1 amide bonds. The van der Waals surface area contributed by atoms with Gasteiger partial charge in [-0.2, -0.15) is 0 Å². The van der Waals surface area contributed by atoms with Gasteiger partial charge in [-0.3, -0.25) is 4.79 Å². The second-order valence-electron chi connectivity index (χ2n) is 6.25. The number of amides is 1. The number of esters is 1. The molecule has 0 aliphatic rings. The molecule has 2 aromatic rings. The smallest absolute Gasteiger partial charge is 0.338 e. The highest BCUT2D eigenvalue weighted by atomic mass is 32.2. The van der Waals surface area contributed by atoms with Crippen molar-refractivity contribution in [3.63, 3.8) is 0 Å². The third kappa shape index (κ3) is 5.16. The number of hydrogen-bond acceptors (Lipinski definition) is 6. The molecular formula is C19H22N2O6S. The topological polar surface area (TPSA) is 113 Å².